The number of urea groups is 1. The highest BCUT2D eigenvalue weighted by Gasteiger charge is 2.21. The van der Waals surface area contributed by atoms with Crippen LogP contribution in [0.15, 0.2) is 0 Å². The van der Waals surface area contributed by atoms with E-state index in [0.29, 0.717) is 11.8 Å². The molecule has 4 atom stereocenters. The van der Waals surface area contributed by atoms with Gasteiger partial charge in [0.15, 0.2) is 12.6 Å². The average Bonchev–Trinajstić information content (AvgIpc) is 3.01. The van der Waals surface area contributed by atoms with E-state index in [1.807, 2.05) is 0 Å². The van der Waals surface area contributed by atoms with E-state index in [4.69, 9.17) is 18.9 Å². The highest BCUT2D eigenvalue weighted by atomic mass is 16.7. The Morgan fingerprint density at radius 2 is 0.857 bits per heavy atom. The van der Waals surface area contributed by atoms with E-state index in [2.05, 4.69) is 38.3 Å². The number of unbranched alkanes of at least 4 members (excludes halogenated alkanes) is 8. The molecule has 2 amide bonds. The second kappa shape index (κ2) is 28.9. The summed E-state index contributed by atoms with van der Waals surface area (Å²) in [6, 6.07) is 0.321. The van der Waals surface area contributed by atoms with Crippen LogP contribution in [0.3, 0.4) is 0 Å². The van der Waals surface area contributed by atoms with Gasteiger partial charge in [-0.25, -0.2) is 4.79 Å². The fourth-order valence-electron chi connectivity index (χ4n) is 6.00. The Morgan fingerprint density at radius 3 is 1.17 bits per heavy atom. The summed E-state index contributed by atoms with van der Waals surface area (Å²) in [5.74, 6) is 1.08. The van der Waals surface area contributed by atoms with Gasteiger partial charge in [0.25, 0.3) is 0 Å². The molecule has 0 saturated carbocycles. The first-order valence-corrected chi connectivity index (χ1v) is 17.6. The molecule has 0 aromatic rings. The first-order chi connectivity index (χ1) is 20.4. The Bertz CT molecular complexity index is 538. The summed E-state index contributed by atoms with van der Waals surface area (Å²) in [5.41, 5.74) is 0. The van der Waals surface area contributed by atoms with Crippen LogP contribution >= 0.6 is 0 Å². The third-order valence-electron chi connectivity index (χ3n) is 9.04. The fraction of sp³-hybridized carbons (Fsp3) is 0.971. The van der Waals surface area contributed by atoms with Crippen LogP contribution in [-0.4, -0.2) is 59.1 Å². The molecule has 0 aliphatic rings. The summed E-state index contributed by atoms with van der Waals surface area (Å²) in [5, 5.41) is 6.58. The fourth-order valence-corrected chi connectivity index (χ4v) is 6.00. The quantitative estimate of drug-likeness (QED) is 0.0634. The number of rotatable bonds is 30. The van der Waals surface area contributed by atoms with E-state index in [0.717, 1.165) is 51.4 Å². The number of hydrogen-bond acceptors (Lipinski definition) is 5. The van der Waals surface area contributed by atoms with Gasteiger partial charge in [0.05, 0.1) is 0 Å². The molecule has 42 heavy (non-hydrogen) atoms. The molecule has 0 aromatic carbocycles. The minimum Gasteiger partial charge on any atom is -0.356 e. The summed E-state index contributed by atoms with van der Waals surface area (Å²) in [6.07, 6.45) is 22.8. The van der Waals surface area contributed by atoms with Crippen molar-refractivity contribution in [1.82, 2.24) is 10.6 Å². The zero-order valence-corrected chi connectivity index (χ0v) is 29.1. The van der Waals surface area contributed by atoms with Crippen LogP contribution in [0, 0.1) is 11.8 Å². The maximum absolute atomic E-state index is 13.1. The molecular formula is C35H72N2O5. The van der Waals surface area contributed by atoms with E-state index in [-0.39, 0.29) is 30.7 Å². The van der Waals surface area contributed by atoms with Crippen molar-refractivity contribution in [2.75, 3.05) is 28.4 Å². The zero-order chi connectivity index (χ0) is 31.4. The van der Waals surface area contributed by atoms with Gasteiger partial charge in [-0.3, -0.25) is 0 Å². The van der Waals surface area contributed by atoms with Crippen molar-refractivity contribution in [1.29, 1.82) is 0 Å². The highest BCUT2D eigenvalue weighted by Crippen LogP contribution is 2.26. The monoisotopic (exact) mass is 601 g/mol. The van der Waals surface area contributed by atoms with Crippen molar-refractivity contribution in [2.45, 2.75) is 181 Å². The van der Waals surface area contributed by atoms with Crippen molar-refractivity contribution in [3.63, 3.8) is 0 Å². The van der Waals surface area contributed by atoms with Crippen molar-refractivity contribution in [2.24, 2.45) is 11.8 Å². The number of amides is 2. The summed E-state index contributed by atoms with van der Waals surface area (Å²) < 4.78 is 22.1. The number of carbonyl (C=O) groups excluding carboxylic acids is 1. The van der Waals surface area contributed by atoms with Gasteiger partial charge in [-0.15, -0.1) is 0 Å². The molecule has 7 nitrogen and oxygen atoms in total. The molecule has 0 heterocycles. The number of hydrogen-bond donors (Lipinski definition) is 2. The van der Waals surface area contributed by atoms with E-state index in [1.54, 1.807) is 28.4 Å². The molecule has 0 aromatic heterocycles. The molecule has 0 spiro atoms. The Kier molecular flexibility index (Phi) is 28.2. The predicted molar refractivity (Wildman–Crippen MR) is 177 cm³/mol. The van der Waals surface area contributed by atoms with Gasteiger partial charge in [0.1, 0.15) is 0 Å². The van der Waals surface area contributed by atoms with Crippen LogP contribution in [-0.2, 0) is 18.9 Å². The van der Waals surface area contributed by atoms with Crippen molar-refractivity contribution in [3.05, 3.63) is 0 Å². The summed E-state index contributed by atoms with van der Waals surface area (Å²) in [4.78, 5) is 13.1. The smallest absolute Gasteiger partial charge is 0.315 e. The average molecular weight is 601 g/mol. The SMILES string of the molecule is CCCCCCCC(CCC(CC)NC(=O)NC(CC)CCC(CCCCCCC)CC(OC)OC)CC(OC)OC. The van der Waals surface area contributed by atoms with E-state index < -0.39 is 0 Å². The third-order valence-corrected chi connectivity index (χ3v) is 9.04. The summed E-state index contributed by atoms with van der Waals surface area (Å²) in [7, 11) is 6.89. The minimum atomic E-state index is -0.157. The topological polar surface area (TPSA) is 78.1 Å². The lowest BCUT2D eigenvalue weighted by Crippen LogP contribution is -2.46. The lowest BCUT2D eigenvalue weighted by atomic mass is 9.90. The van der Waals surface area contributed by atoms with Crippen LogP contribution in [0.4, 0.5) is 4.79 Å². The minimum absolute atomic E-state index is 0.0285. The molecule has 252 valence electrons. The number of ether oxygens (including phenoxy) is 4. The van der Waals surface area contributed by atoms with Crippen LogP contribution in [0.2, 0.25) is 0 Å². The molecule has 7 heteroatoms. The van der Waals surface area contributed by atoms with Crippen LogP contribution < -0.4 is 10.6 Å². The Balaban J connectivity index is 4.87. The maximum atomic E-state index is 13.1. The molecule has 0 radical (unpaired) electrons. The van der Waals surface area contributed by atoms with Crippen molar-refractivity contribution >= 4 is 6.03 Å². The summed E-state index contributed by atoms with van der Waals surface area (Å²) in [6.45, 7) is 8.85. The number of carbonyl (C=O) groups is 1. The van der Waals surface area contributed by atoms with E-state index >= 15 is 0 Å². The van der Waals surface area contributed by atoms with Crippen LogP contribution in [0.1, 0.15) is 156 Å². The Labute approximate surface area is 261 Å². The molecule has 0 aliphatic carbocycles. The van der Waals surface area contributed by atoms with Gasteiger partial charge < -0.3 is 29.6 Å². The molecule has 4 unspecified atom stereocenters. The van der Waals surface area contributed by atoms with E-state index in [1.165, 1.54) is 77.0 Å². The summed E-state index contributed by atoms with van der Waals surface area (Å²) >= 11 is 0. The van der Waals surface area contributed by atoms with Gasteiger partial charge in [-0.2, -0.15) is 0 Å². The third kappa shape index (κ3) is 21.7. The molecule has 0 rings (SSSR count). The lowest BCUT2D eigenvalue weighted by molar-refractivity contribution is -0.115. The predicted octanol–water partition coefficient (Wildman–Crippen LogP) is 9.37. The molecule has 0 aliphatic heterocycles. The Hall–Kier alpha value is -0.890. The molecule has 0 saturated heterocycles. The normalized spacial score (nSPS) is 14.7. The lowest BCUT2D eigenvalue weighted by Gasteiger charge is -2.26. The second-order valence-corrected chi connectivity index (χ2v) is 12.4. The van der Waals surface area contributed by atoms with Gasteiger partial charge in [-0.1, -0.05) is 105 Å². The van der Waals surface area contributed by atoms with Gasteiger partial charge in [-0.05, 0) is 50.4 Å². The molecule has 0 bridgehead atoms. The zero-order valence-electron chi connectivity index (χ0n) is 29.1. The van der Waals surface area contributed by atoms with Gasteiger partial charge in [0, 0.05) is 53.4 Å². The molecular weight excluding hydrogens is 528 g/mol. The van der Waals surface area contributed by atoms with Crippen molar-refractivity contribution in [3.8, 4) is 0 Å². The number of methoxy groups -OCH3 is 4. The second-order valence-electron chi connectivity index (χ2n) is 12.4. The van der Waals surface area contributed by atoms with E-state index in [9.17, 15) is 4.79 Å². The number of nitrogens with one attached hydrogen (secondary N) is 2. The van der Waals surface area contributed by atoms with Crippen molar-refractivity contribution < 1.29 is 23.7 Å². The van der Waals surface area contributed by atoms with Crippen LogP contribution in [0.25, 0.3) is 0 Å². The van der Waals surface area contributed by atoms with Gasteiger partial charge >= 0.3 is 6.03 Å². The van der Waals surface area contributed by atoms with Crippen LogP contribution in [0.5, 0.6) is 0 Å². The highest BCUT2D eigenvalue weighted by molar-refractivity contribution is 5.74. The largest absolute Gasteiger partial charge is 0.356 e. The van der Waals surface area contributed by atoms with Gasteiger partial charge in [0.2, 0.25) is 0 Å². The first-order valence-electron chi connectivity index (χ1n) is 17.6. The first kappa shape index (κ1) is 41.1. The molecule has 0 fully saturated rings. The Morgan fingerprint density at radius 1 is 0.500 bits per heavy atom. The maximum Gasteiger partial charge on any atom is 0.315 e. The standard InChI is InChI=1S/C35H72N2O5/c1-9-13-15-17-19-21-29(27-33(39-5)40-6)23-25-31(11-3)36-35(38)37-32(12-4)26-24-30(28-34(41-7)42-8)22-20-18-16-14-10-2/h29-34H,9-28H2,1-8H3,(H2,36,37,38). The molecule has 2 N–H and O–H groups in total.